The van der Waals surface area contributed by atoms with Crippen LogP contribution in [0.5, 0.6) is 0 Å². The first-order chi connectivity index (χ1) is 24.6. The largest absolute Gasteiger partial charge is 0.472 e. The van der Waals surface area contributed by atoms with Crippen LogP contribution in [0.2, 0.25) is 0 Å². The zero-order valence-electron chi connectivity index (χ0n) is 34.1. The van der Waals surface area contributed by atoms with E-state index in [1.165, 1.54) is 116 Å². The molecule has 8 nitrogen and oxygen atoms in total. The molecule has 0 saturated carbocycles. The van der Waals surface area contributed by atoms with Crippen LogP contribution in [0, 0.1) is 0 Å². The third kappa shape index (κ3) is 40.0. The van der Waals surface area contributed by atoms with Crippen molar-refractivity contribution < 1.29 is 37.3 Å². The van der Waals surface area contributed by atoms with Crippen molar-refractivity contribution >= 4 is 13.8 Å². The Bertz CT molecular complexity index is 874. The highest BCUT2D eigenvalue weighted by Gasteiger charge is 2.26. The van der Waals surface area contributed by atoms with E-state index in [0.717, 1.165) is 44.9 Å². The van der Waals surface area contributed by atoms with Gasteiger partial charge in [0.05, 0.1) is 34.4 Å². The van der Waals surface area contributed by atoms with Crippen molar-refractivity contribution in [2.24, 2.45) is 0 Å². The van der Waals surface area contributed by atoms with Gasteiger partial charge in [0.15, 0.2) is 0 Å². The second-order valence-electron chi connectivity index (χ2n) is 15.4. The highest BCUT2D eigenvalue weighted by Crippen LogP contribution is 2.43. The van der Waals surface area contributed by atoms with E-state index < -0.39 is 13.9 Å². The number of nitrogens with zero attached hydrogens (tertiary/aromatic N) is 1. The maximum atomic E-state index is 12.6. The Morgan fingerprint density at radius 3 is 1.49 bits per heavy atom. The summed E-state index contributed by atoms with van der Waals surface area (Å²) < 4.78 is 34.9. The fraction of sp³-hybridized carbons (Fsp3) is 0.881. The van der Waals surface area contributed by atoms with Gasteiger partial charge in [0, 0.05) is 13.0 Å². The number of quaternary nitrogens is 1. The van der Waals surface area contributed by atoms with Crippen LogP contribution in [-0.4, -0.2) is 75.6 Å². The fourth-order valence-electron chi connectivity index (χ4n) is 5.66. The summed E-state index contributed by atoms with van der Waals surface area (Å²) in [4.78, 5) is 22.8. The van der Waals surface area contributed by atoms with Crippen molar-refractivity contribution in [3.05, 3.63) is 24.3 Å². The summed E-state index contributed by atoms with van der Waals surface area (Å²) in [7, 11) is 1.66. The molecule has 0 bridgehead atoms. The van der Waals surface area contributed by atoms with Crippen LogP contribution >= 0.6 is 7.82 Å². The number of likely N-dealkylation sites (N-methyl/N-ethyl adjacent to an activating group) is 1. The predicted octanol–water partition coefficient (Wildman–Crippen LogP) is 12.0. The zero-order chi connectivity index (χ0) is 37.7. The molecule has 0 aliphatic rings. The minimum Gasteiger partial charge on any atom is -0.457 e. The highest BCUT2D eigenvalue weighted by atomic mass is 31.2. The lowest BCUT2D eigenvalue weighted by atomic mass is 10.1. The van der Waals surface area contributed by atoms with Crippen molar-refractivity contribution in [3.8, 4) is 0 Å². The summed E-state index contributed by atoms with van der Waals surface area (Å²) in [6, 6.07) is 0. The van der Waals surface area contributed by atoms with Crippen molar-refractivity contribution in [1.29, 1.82) is 0 Å². The minimum absolute atomic E-state index is 0.0868. The third-order valence-corrected chi connectivity index (χ3v) is 9.97. The Kier molecular flexibility index (Phi) is 35.3. The number of hydrogen-bond acceptors (Lipinski definition) is 6. The maximum absolute atomic E-state index is 12.6. The number of unbranched alkanes of at least 4 members (excludes halogenated alkanes) is 21. The molecule has 0 aliphatic heterocycles. The van der Waals surface area contributed by atoms with Gasteiger partial charge in [-0.1, -0.05) is 134 Å². The zero-order valence-corrected chi connectivity index (χ0v) is 35.0. The van der Waals surface area contributed by atoms with Crippen LogP contribution in [0.4, 0.5) is 0 Å². The molecular weight excluding hydrogens is 661 g/mol. The van der Waals surface area contributed by atoms with Crippen LogP contribution in [0.3, 0.4) is 0 Å². The molecule has 302 valence electrons. The Labute approximate surface area is 315 Å². The SMILES string of the molecule is CCCCCCC/C=C\CCCCCCCCOCC(COP(=O)(O)OCC[N+](C)(C)C)OC(=O)CCCCCCC/C=C\CCCCCCC. The van der Waals surface area contributed by atoms with Gasteiger partial charge in [-0.15, -0.1) is 0 Å². The summed E-state index contributed by atoms with van der Waals surface area (Å²) in [5.41, 5.74) is 0. The Balaban J connectivity index is 4.28. The monoisotopic (exact) mass is 745 g/mol. The molecule has 0 rings (SSSR count). The lowest BCUT2D eigenvalue weighted by Crippen LogP contribution is -2.37. The molecule has 0 saturated heterocycles. The van der Waals surface area contributed by atoms with E-state index in [2.05, 4.69) is 38.2 Å². The van der Waals surface area contributed by atoms with Crippen molar-refractivity contribution in [2.75, 3.05) is 54.1 Å². The Morgan fingerprint density at radius 1 is 0.588 bits per heavy atom. The number of esters is 1. The molecule has 0 aromatic heterocycles. The lowest BCUT2D eigenvalue weighted by Gasteiger charge is -2.24. The smallest absolute Gasteiger partial charge is 0.457 e. The summed E-state index contributed by atoms with van der Waals surface area (Å²) >= 11 is 0. The standard InChI is InChI=1S/C42H82NO7P/c1-6-8-10-12-14-16-18-20-22-24-26-28-30-32-34-37-47-39-41(40-49-51(45,46)48-38-36-43(3,4)5)50-42(44)35-33-31-29-27-25-23-21-19-17-15-13-11-9-7-2/h18-21,41H,6-17,22-40H2,1-5H3/p+1/b20-18-,21-19-. The van der Waals surface area contributed by atoms with E-state index in [4.69, 9.17) is 18.5 Å². The van der Waals surface area contributed by atoms with Crippen molar-refractivity contribution in [2.45, 2.75) is 187 Å². The van der Waals surface area contributed by atoms with Gasteiger partial charge in [-0.2, -0.15) is 0 Å². The van der Waals surface area contributed by atoms with Gasteiger partial charge < -0.3 is 18.9 Å². The van der Waals surface area contributed by atoms with Gasteiger partial charge in [0.2, 0.25) is 0 Å². The number of rotatable bonds is 39. The van der Waals surface area contributed by atoms with Gasteiger partial charge in [0.1, 0.15) is 19.3 Å². The van der Waals surface area contributed by atoms with Gasteiger partial charge in [0.25, 0.3) is 0 Å². The topological polar surface area (TPSA) is 91.3 Å². The molecule has 0 fully saturated rings. The third-order valence-electron chi connectivity index (χ3n) is 8.99. The summed E-state index contributed by atoms with van der Waals surface area (Å²) in [5.74, 6) is -0.324. The number of hydrogen-bond donors (Lipinski definition) is 1. The number of phosphoric acid groups is 1. The van der Waals surface area contributed by atoms with E-state index in [1.54, 1.807) is 0 Å². The lowest BCUT2D eigenvalue weighted by molar-refractivity contribution is -0.870. The number of allylic oxidation sites excluding steroid dienone is 4. The summed E-state index contributed by atoms with van der Waals surface area (Å²) in [6.45, 7) is 5.59. The first-order valence-electron chi connectivity index (χ1n) is 21.1. The van der Waals surface area contributed by atoms with Crippen molar-refractivity contribution in [3.63, 3.8) is 0 Å². The molecule has 0 aromatic rings. The average Bonchev–Trinajstić information content (AvgIpc) is 3.08. The fourth-order valence-corrected chi connectivity index (χ4v) is 6.40. The van der Waals surface area contributed by atoms with Gasteiger partial charge in [-0.3, -0.25) is 13.8 Å². The quantitative estimate of drug-likeness (QED) is 0.0220. The van der Waals surface area contributed by atoms with E-state index in [0.29, 0.717) is 24.1 Å². The van der Waals surface area contributed by atoms with Crippen LogP contribution in [-0.2, 0) is 27.9 Å². The molecule has 9 heteroatoms. The molecule has 0 radical (unpaired) electrons. The predicted molar refractivity (Wildman–Crippen MR) is 215 cm³/mol. The van der Waals surface area contributed by atoms with E-state index >= 15 is 0 Å². The first-order valence-corrected chi connectivity index (χ1v) is 22.6. The number of carbonyl (C=O) groups excluding carboxylic acids is 1. The van der Waals surface area contributed by atoms with Crippen molar-refractivity contribution in [1.82, 2.24) is 0 Å². The molecule has 1 N–H and O–H groups in total. The molecule has 2 unspecified atom stereocenters. The van der Waals surface area contributed by atoms with Crippen LogP contribution in [0.15, 0.2) is 24.3 Å². The highest BCUT2D eigenvalue weighted by molar-refractivity contribution is 7.47. The van der Waals surface area contributed by atoms with E-state index in [9.17, 15) is 14.3 Å². The molecule has 0 aromatic carbocycles. The average molecular weight is 745 g/mol. The van der Waals surface area contributed by atoms with Crippen LogP contribution in [0.1, 0.15) is 181 Å². The summed E-state index contributed by atoms with van der Waals surface area (Å²) in [6.07, 6.45) is 39.1. The van der Waals surface area contributed by atoms with E-state index in [-0.39, 0.29) is 25.8 Å². The molecule has 0 spiro atoms. The maximum Gasteiger partial charge on any atom is 0.472 e. The van der Waals surface area contributed by atoms with Gasteiger partial charge >= 0.3 is 13.8 Å². The number of phosphoric ester groups is 1. The summed E-state index contributed by atoms with van der Waals surface area (Å²) in [5, 5.41) is 0. The van der Waals surface area contributed by atoms with Crippen LogP contribution < -0.4 is 0 Å². The molecule has 0 heterocycles. The molecule has 0 aliphatic carbocycles. The normalized spacial score (nSPS) is 14.1. The number of carbonyl (C=O) groups is 1. The van der Waals surface area contributed by atoms with Gasteiger partial charge in [-0.25, -0.2) is 4.57 Å². The minimum atomic E-state index is -4.27. The van der Waals surface area contributed by atoms with Crippen LogP contribution in [0.25, 0.3) is 0 Å². The Morgan fingerprint density at radius 2 is 1.02 bits per heavy atom. The molecule has 2 atom stereocenters. The van der Waals surface area contributed by atoms with Gasteiger partial charge in [-0.05, 0) is 64.2 Å². The number of ether oxygens (including phenoxy) is 2. The molecular formula is C42H83NO7P+. The first kappa shape index (κ1) is 50.0. The molecule has 0 amide bonds. The second kappa shape index (κ2) is 36.0. The molecule has 51 heavy (non-hydrogen) atoms. The van der Waals surface area contributed by atoms with E-state index in [1.807, 2.05) is 21.1 Å². The Hall–Kier alpha value is -1.02. The second-order valence-corrected chi connectivity index (χ2v) is 16.8.